The van der Waals surface area contributed by atoms with E-state index < -0.39 is 6.10 Å². The van der Waals surface area contributed by atoms with Gasteiger partial charge in [-0.1, -0.05) is 42.5 Å². The highest BCUT2D eigenvalue weighted by molar-refractivity contribution is 5.91. The summed E-state index contributed by atoms with van der Waals surface area (Å²) in [5.74, 6) is -0.259. The molecule has 1 aromatic heterocycles. The molecule has 1 amide bonds. The van der Waals surface area contributed by atoms with Crippen LogP contribution in [0.1, 0.15) is 17.2 Å². The highest BCUT2D eigenvalue weighted by atomic mass is 16.3. The number of hydrogen-bond donors (Lipinski definition) is 2. The molecule has 0 aliphatic rings. The molecule has 0 aliphatic heterocycles. The van der Waals surface area contributed by atoms with E-state index >= 15 is 0 Å². The topological polar surface area (TPSA) is 62.5 Å². The van der Waals surface area contributed by atoms with Crippen LogP contribution in [0.25, 0.3) is 16.8 Å². The second kappa shape index (κ2) is 6.94. The molecule has 0 saturated carbocycles. The molecule has 0 aliphatic carbocycles. The molecule has 2 aromatic carbocycles. The average molecular weight is 307 g/mol. The minimum atomic E-state index is -0.757. The SMILES string of the molecule is O=C(/C=C/c1ccoc1)NC[C@H](O)c1cccc2ccccc12. The first-order valence-corrected chi connectivity index (χ1v) is 7.38. The van der Waals surface area contributed by atoms with Gasteiger partial charge in [0.15, 0.2) is 0 Å². The number of furan rings is 1. The van der Waals surface area contributed by atoms with Gasteiger partial charge in [0.2, 0.25) is 5.91 Å². The smallest absolute Gasteiger partial charge is 0.244 e. The van der Waals surface area contributed by atoms with E-state index in [2.05, 4.69) is 5.32 Å². The van der Waals surface area contributed by atoms with E-state index in [1.165, 1.54) is 6.08 Å². The van der Waals surface area contributed by atoms with Crippen molar-refractivity contribution in [1.82, 2.24) is 5.32 Å². The maximum Gasteiger partial charge on any atom is 0.244 e. The van der Waals surface area contributed by atoms with Crippen LogP contribution in [0.4, 0.5) is 0 Å². The van der Waals surface area contributed by atoms with Crippen molar-refractivity contribution >= 4 is 22.8 Å². The van der Waals surface area contributed by atoms with Crippen LogP contribution in [0, 0.1) is 0 Å². The molecule has 1 heterocycles. The summed E-state index contributed by atoms with van der Waals surface area (Å²) in [4.78, 5) is 11.8. The van der Waals surface area contributed by atoms with Crippen molar-refractivity contribution in [2.75, 3.05) is 6.54 Å². The number of aliphatic hydroxyl groups excluding tert-OH is 1. The molecule has 2 N–H and O–H groups in total. The number of carbonyl (C=O) groups excluding carboxylic acids is 1. The zero-order valence-corrected chi connectivity index (χ0v) is 12.5. The van der Waals surface area contributed by atoms with Crippen molar-refractivity contribution < 1.29 is 14.3 Å². The maximum absolute atomic E-state index is 11.8. The van der Waals surface area contributed by atoms with E-state index in [-0.39, 0.29) is 12.5 Å². The lowest BCUT2D eigenvalue weighted by atomic mass is 10.0. The molecular weight excluding hydrogens is 290 g/mol. The summed E-state index contributed by atoms with van der Waals surface area (Å²) in [6.45, 7) is 0.155. The molecule has 0 saturated heterocycles. The molecule has 116 valence electrons. The van der Waals surface area contributed by atoms with Crippen molar-refractivity contribution in [3.05, 3.63) is 78.3 Å². The Bertz CT molecular complexity index is 816. The number of fused-ring (bicyclic) bond motifs is 1. The van der Waals surface area contributed by atoms with Crippen LogP contribution in [0.3, 0.4) is 0 Å². The zero-order chi connectivity index (χ0) is 16.1. The van der Waals surface area contributed by atoms with Crippen molar-refractivity contribution in [1.29, 1.82) is 0 Å². The third kappa shape index (κ3) is 3.67. The van der Waals surface area contributed by atoms with E-state index in [0.29, 0.717) is 0 Å². The number of amides is 1. The summed E-state index contributed by atoms with van der Waals surface area (Å²) >= 11 is 0. The summed E-state index contributed by atoms with van der Waals surface area (Å²) < 4.78 is 4.92. The lowest BCUT2D eigenvalue weighted by Crippen LogP contribution is -2.26. The molecule has 0 bridgehead atoms. The standard InChI is InChI=1S/C19H17NO3/c21-18(12-20-19(22)9-8-14-10-11-23-13-14)17-7-3-5-15-4-1-2-6-16(15)17/h1-11,13,18,21H,12H2,(H,20,22)/b9-8+/t18-/m0/s1. The molecule has 0 radical (unpaired) electrons. The Labute approximate surface area is 134 Å². The van der Waals surface area contributed by atoms with E-state index in [4.69, 9.17) is 4.42 Å². The van der Waals surface area contributed by atoms with Crippen LogP contribution >= 0.6 is 0 Å². The van der Waals surface area contributed by atoms with Crippen LogP contribution < -0.4 is 5.32 Å². The lowest BCUT2D eigenvalue weighted by molar-refractivity contribution is -0.116. The number of hydrogen-bond acceptors (Lipinski definition) is 3. The van der Waals surface area contributed by atoms with Crippen molar-refractivity contribution in [3.63, 3.8) is 0 Å². The molecule has 0 unspecified atom stereocenters. The Morgan fingerprint density at radius 3 is 2.83 bits per heavy atom. The van der Waals surface area contributed by atoms with Gasteiger partial charge < -0.3 is 14.8 Å². The van der Waals surface area contributed by atoms with Crippen molar-refractivity contribution in [2.45, 2.75) is 6.10 Å². The van der Waals surface area contributed by atoms with Gasteiger partial charge in [0.25, 0.3) is 0 Å². The van der Waals surface area contributed by atoms with Crippen molar-refractivity contribution in [2.24, 2.45) is 0 Å². The number of nitrogens with one attached hydrogen (secondary N) is 1. The van der Waals surface area contributed by atoms with Gasteiger partial charge in [-0.25, -0.2) is 0 Å². The van der Waals surface area contributed by atoms with Crippen LogP contribution in [0.2, 0.25) is 0 Å². The van der Waals surface area contributed by atoms with Crippen molar-refractivity contribution in [3.8, 4) is 0 Å². The molecule has 1 atom stereocenters. The van der Waals surface area contributed by atoms with E-state index in [0.717, 1.165) is 21.9 Å². The highest BCUT2D eigenvalue weighted by Gasteiger charge is 2.11. The second-order valence-electron chi connectivity index (χ2n) is 5.22. The quantitative estimate of drug-likeness (QED) is 0.711. The summed E-state index contributed by atoms with van der Waals surface area (Å²) in [5, 5.41) is 15.1. The summed E-state index contributed by atoms with van der Waals surface area (Å²) in [6, 6.07) is 15.4. The minimum Gasteiger partial charge on any atom is -0.472 e. The van der Waals surface area contributed by atoms with Gasteiger partial charge in [-0.2, -0.15) is 0 Å². The van der Waals surface area contributed by atoms with E-state index in [1.54, 1.807) is 24.7 Å². The Morgan fingerprint density at radius 2 is 2.00 bits per heavy atom. The lowest BCUT2D eigenvalue weighted by Gasteiger charge is -2.14. The zero-order valence-electron chi connectivity index (χ0n) is 12.5. The van der Waals surface area contributed by atoms with E-state index in [1.807, 2.05) is 42.5 Å². The maximum atomic E-state index is 11.8. The van der Waals surface area contributed by atoms with Gasteiger partial charge in [0.05, 0.1) is 18.6 Å². The summed E-state index contributed by atoms with van der Waals surface area (Å²) in [7, 11) is 0. The highest BCUT2D eigenvalue weighted by Crippen LogP contribution is 2.23. The molecule has 4 heteroatoms. The van der Waals surface area contributed by atoms with Gasteiger partial charge in [-0.3, -0.25) is 4.79 Å². The first kappa shape index (κ1) is 15.1. The predicted molar refractivity (Wildman–Crippen MR) is 89.7 cm³/mol. The first-order chi connectivity index (χ1) is 11.2. The molecule has 4 nitrogen and oxygen atoms in total. The number of benzene rings is 2. The normalized spacial score (nSPS) is 12.6. The largest absolute Gasteiger partial charge is 0.472 e. The second-order valence-corrected chi connectivity index (χ2v) is 5.22. The third-order valence-corrected chi connectivity index (χ3v) is 3.62. The van der Waals surface area contributed by atoms with Crippen LogP contribution in [0.5, 0.6) is 0 Å². The number of aliphatic hydroxyl groups is 1. The molecule has 3 aromatic rings. The van der Waals surface area contributed by atoms with Gasteiger partial charge >= 0.3 is 0 Å². The average Bonchev–Trinajstić information content (AvgIpc) is 3.11. The fraction of sp³-hybridized carbons (Fsp3) is 0.105. The predicted octanol–water partition coefficient (Wildman–Crippen LogP) is 3.30. The minimum absolute atomic E-state index is 0.155. The fourth-order valence-corrected chi connectivity index (χ4v) is 2.45. The van der Waals surface area contributed by atoms with Gasteiger partial charge in [-0.15, -0.1) is 0 Å². The summed E-state index contributed by atoms with van der Waals surface area (Å²) in [6.07, 6.45) is 5.41. The van der Waals surface area contributed by atoms with Gasteiger partial charge in [0.1, 0.15) is 0 Å². The first-order valence-electron chi connectivity index (χ1n) is 7.38. The summed E-state index contributed by atoms with van der Waals surface area (Å²) in [5.41, 5.74) is 1.62. The third-order valence-electron chi connectivity index (χ3n) is 3.62. The fourth-order valence-electron chi connectivity index (χ4n) is 2.45. The van der Waals surface area contributed by atoms with E-state index in [9.17, 15) is 9.90 Å². The molecule has 0 spiro atoms. The Hall–Kier alpha value is -2.85. The Kier molecular flexibility index (Phi) is 4.54. The number of rotatable bonds is 5. The molecule has 3 rings (SSSR count). The molecule has 0 fully saturated rings. The monoisotopic (exact) mass is 307 g/mol. The van der Waals surface area contributed by atoms with Gasteiger partial charge in [-0.05, 0) is 28.5 Å². The Balaban J connectivity index is 1.64. The van der Waals surface area contributed by atoms with Crippen LogP contribution in [0.15, 0.2) is 71.6 Å². The Morgan fingerprint density at radius 1 is 1.17 bits per heavy atom. The molecular formula is C19H17NO3. The van der Waals surface area contributed by atoms with Gasteiger partial charge in [0, 0.05) is 18.2 Å². The van der Waals surface area contributed by atoms with Crippen LogP contribution in [-0.2, 0) is 4.79 Å². The molecule has 23 heavy (non-hydrogen) atoms. The number of carbonyl (C=O) groups is 1. The van der Waals surface area contributed by atoms with Crippen LogP contribution in [-0.4, -0.2) is 17.6 Å².